The molecule has 0 saturated carbocycles. The van der Waals surface area contributed by atoms with Crippen molar-refractivity contribution in [2.75, 3.05) is 36.9 Å². The number of carbonyl (C=O) groups is 1. The Morgan fingerprint density at radius 3 is 2.77 bits per heavy atom. The molecule has 4 heterocycles. The van der Waals surface area contributed by atoms with Gasteiger partial charge in [0.15, 0.2) is 5.82 Å². The van der Waals surface area contributed by atoms with E-state index in [2.05, 4.69) is 31.4 Å². The van der Waals surface area contributed by atoms with Crippen LogP contribution in [-0.4, -0.2) is 57.4 Å². The first kappa shape index (κ1) is 20.3. The van der Waals surface area contributed by atoms with E-state index < -0.39 is 0 Å². The van der Waals surface area contributed by atoms with E-state index in [1.807, 2.05) is 31.6 Å². The monoisotopic (exact) mass is 416 g/mol. The van der Waals surface area contributed by atoms with Crippen LogP contribution in [0.25, 0.3) is 5.82 Å². The van der Waals surface area contributed by atoms with Crippen LogP contribution >= 0.6 is 0 Å². The van der Waals surface area contributed by atoms with Crippen LogP contribution in [0, 0.1) is 17.2 Å². The third kappa shape index (κ3) is 4.80. The Kier molecular flexibility index (Phi) is 6.08. The molecule has 0 aliphatic carbocycles. The lowest BCUT2D eigenvalue weighted by molar-refractivity contribution is 0.208. The number of urea groups is 1. The first-order valence-corrected chi connectivity index (χ1v) is 10.2. The normalized spacial score (nSPS) is 14.1. The summed E-state index contributed by atoms with van der Waals surface area (Å²) in [6.45, 7) is 2.65. The van der Waals surface area contributed by atoms with Gasteiger partial charge < -0.3 is 15.1 Å². The standard InChI is InChI=1S/C22H24N8O/c1-28(15-17-6-11-29(12-7-17)20-4-9-24-10-5-20)22(31)27-19-14-26-30(16-19)21-18(13-23)3-2-8-25-21/h2-5,8-10,14,16-17H,6-7,11-12,15H2,1H3,(H,27,31). The van der Waals surface area contributed by atoms with E-state index in [-0.39, 0.29) is 6.03 Å². The van der Waals surface area contributed by atoms with E-state index in [4.69, 9.17) is 0 Å². The number of anilines is 2. The fourth-order valence-corrected chi connectivity index (χ4v) is 3.79. The molecule has 0 aromatic carbocycles. The van der Waals surface area contributed by atoms with Crippen LogP contribution in [0.5, 0.6) is 0 Å². The third-order valence-electron chi connectivity index (χ3n) is 5.48. The zero-order chi connectivity index (χ0) is 21.6. The summed E-state index contributed by atoms with van der Waals surface area (Å²) in [7, 11) is 1.81. The van der Waals surface area contributed by atoms with Crippen molar-refractivity contribution in [3.05, 3.63) is 60.8 Å². The molecule has 9 heteroatoms. The van der Waals surface area contributed by atoms with Gasteiger partial charge in [0.1, 0.15) is 6.07 Å². The fourth-order valence-electron chi connectivity index (χ4n) is 3.79. The minimum Gasteiger partial charge on any atom is -0.371 e. The largest absolute Gasteiger partial charge is 0.371 e. The van der Waals surface area contributed by atoms with Crippen molar-refractivity contribution < 1.29 is 4.79 Å². The van der Waals surface area contributed by atoms with E-state index in [0.717, 1.165) is 25.9 Å². The zero-order valence-corrected chi connectivity index (χ0v) is 17.3. The highest BCUT2D eigenvalue weighted by Crippen LogP contribution is 2.23. The number of piperidine rings is 1. The first-order valence-electron chi connectivity index (χ1n) is 10.2. The van der Waals surface area contributed by atoms with Crippen molar-refractivity contribution in [1.29, 1.82) is 5.26 Å². The highest BCUT2D eigenvalue weighted by molar-refractivity contribution is 5.88. The summed E-state index contributed by atoms with van der Waals surface area (Å²) in [6, 6.07) is 9.35. The maximum atomic E-state index is 12.6. The van der Waals surface area contributed by atoms with Gasteiger partial charge >= 0.3 is 6.03 Å². The van der Waals surface area contributed by atoms with Crippen molar-refractivity contribution in [1.82, 2.24) is 24.6 Å². The Morgan fingerprint density at radius 2 is 2.03 bits per heavy atom. The van der Waals surface area contributed by atoms with Crippen molar-refractivity contribution in [3.63, 3.8) is 0 Å². The molecule has 31 heavy (non-hydrogen) atoms. The molecular weight excluding hydrogens is 392 g/mol. The molecular formula is C22H24N8O. The minimum atomic E-state index is -0.183. The van der Waals surface area contributed by atoms with Crippen molar-refractivity contribution >= 4 is 17.4 Å². The number of nitrogens with zero attached hydrogens (tertiary/aromatic N) is 7. The Balaban J connectivity index is 1.30. The summed E-state index contributed by atoms with van der Waals surface area (Å²) >= 11 is 0. The lowest BCUT2D eigenvalue weighted by Gasteiger charge is -2.35. The molecule has 1 saturated heterocycles. The Bertz CT molecular complexity index is 1070. The molecule has 1 N–H and O–H groups in total. The maximum Gasteiger partial charge on any atom is 0.321 e. The molecule has 158 valence electrons. The molecule has 3 aromatic heterocycles. The maximum absolute atomic E-state index is 12.6. The summed E-state index contributed by atoms with van der Waals surface area (Å²) < 4.78 is 1.49. The van der Waals surface area contributed by atoms with Gasteiger partial charge in [0.05, 0.1) is 23.6 Å². The molecule has 0 spiro atoms. The number of pyridine rings is 2. The lowest BCUT2D eigenvalue weighted by atomic mass is 9.96. The molecule has 9 nitrogen and oxygen atoms in total. The van der Waals surface area contributed by atoms with Gasteiger partial charge in [0.25, 0.3) is 0 Å². The van der Waals surface area contributed by atoms with Crippen LogP contribution in [0.4, 0.5) is 16.2 Å². The van der Waals surface area contributed by atoms with Crippen molar-refractivity contribution in [2.45, 2.75) is 12.8 Å². The zero-order valence-electron chi connectivity index (χ0n) is 17.3. The number of nitrogens with one attached hydrogen (secondary N) is 1. The quantitative estimate of drug-likeness (QED) is 0.686. The van der Waals surface area contributed by atoms with E-state index in [0.29, 0.717) is 29.5 Å². The van der Waals surface area contributed by atoms with Crippen LogP contribution in [0.15, 0.2) is 55.2 Å². The van der Waals surface area contributed by atoms with Crippen LogP contribution in [0.2, 0.25) is 0 Å². The summed E-state index contributed by atoms with van der Waals surface area (Å²) in [5.41, 5.74) is 2.17. The van der Waals surface area contributed by atoms with Crippen LogP contribution in [-0.2, 0) is 0 Å². The topological polar surface area (TPSA) is 103 Å². The van der Waals surface area contributed by atoms with Gasteiger partial charge in [-0.25, -0.2) is 14.5 Å². The Morgan fingerprint density at radius 1 is 1.26 bits per heavy atom. The Labute approximate surface area is 180 Å². The number of hydrogen-bond acceptors (Lipinski definition) is 6. The van der Waals surface area contributed by atoms with Crippen molar-refractivity contribution in [2.24, 2.45) is 5.92 Å². The van der Waals surface area contributed by atoms with E-state index in [1.165, 1.54) is 10.4 Å². The van der Waals surface area contributed by atoms with Crippen LogP contribution in [0.1, 0.15) is 18.4 Å². The smallest absolute Gasteiger partial charge is 0.321 e. The lowest BCUT2D eigenvalue weighted by Crippen LogP contribution is -2.40. The third-order valence-corrected chi connectivity index (χ3v) is 5.48. The number of rotatable bonds is 5. The van der Waals surface area contributed by atoms with E-state index in [1.54, 1.807) is 35.6 Å². The van der Waals surface area contributed by atoms with E-state index in [9.17, 15) is 10.1 Å². The summed E-state index contributed by atoms with van der Waals surface area (Å²) in [5.74, 6) is 0.892. The van der Waals surface area contributed by atoms with Gasteiger partial charge in [0.2, 0.25) is 0 Å². The van der Waals surface area contributed by atoms with Crippen LogP contribution in [0.3, 0.4) is 0 Å². The number of carbonyl (C=O) groups excluding carboxylic acids is 1. The molecule has 0 unspecified atom stereocenters. The summed E-state index contributed by atoms with van der Waals surface area (Å²) in [5, 5.41) is 16.3. The predicted molar refractivity (Wildman–Crippen MR) is 117 cm³/mol. The molecule has 0 radical (unpaired) electrons. The predicted octanol–water partition coefficient (Wildman–Crippen LogP) is 2.91. The van der Waals surface area contributed by atoms with Gasteiger partial charge in [-0.3, -0.25) is 4.98 Å². The number of nitriles is 1. The van der Waals surface area contributed by atoms with Gasteiger partial charge in [-0.2, -0.15) is 10.4 Å². The molecule has 3 aromatic rings. The molecule has 2 amide bonds. The summed E-state index contributed by atoms with van der Waals surface area (Å²) in [4.78, 5) is 25.0. The average Bonchev–Trinajstić information content (AvgIpc) is 3.28. The van der Waals surface area contributed by atoms with Gasteiger partial charge in [-0.1, -0.05) is 0 Å². The van der Waals surface area contributed by atoms with Gasteiger partial charge in [0, 0.05) is 51.0 Å². The molecule has 4 rings (SSSR count). The molecule has 1 aliphatic rings. The number of aromatic nitrogens is 4. The molecule has 0 bridgehead atoms. The molecule has 1 fully saturated rings. The fraction of sp³-hybridized carbons (Fsp3) is 0.318. The average molecular weight is 416 g/mol. The molecule has 0 atom stereocenters. The summed E-state index contributed by atoms with van der Waals surface area (Å²) in [6.07, 6.45) is 10.5. The highest BCUT2D eigenvalue weighted by Gasteiger charge is 2.22. The number of amides is 2. The second kappa shape index (κ2) is 9.26. The second-order valence-corrected chi connectivity index (χ2v) is 7.61. The second-order valence-electron chi connectivity index (χ2n) is 7.61. The Hall–Kier alpha value is -3.93. The minimum absolute atomic E-state index is 0.183. The van der Waals surface area contributed by atoms with Crippen LogP contribution < -0.4 is 10.2 Å². The van der Waals surface area contributed by atoms with Gasteiger partial charge in [-0.15, -0.1) is 0 Å². The number of hydrogen-bond donors (Lipinski definition) is 1. The molecule has 1 aliphatic heterocycles. The SMILES string of the molecule is CN(CC1CCN(c2ccncc2)CC1)C(=O)Nc1cnn(-c2ncccc2C#N)c1. The highest BCUT2D eigenvalue weighted by atomic mass is 16.2. The van der Waals surface area contributed by atoms with Gasteiger partial charge in [-0.05, 0) is 43.0 Å². The van der Waals surface area contributed by atoms with E-state index >= 15 is 0 Å². The first-order chi connectivity index (χ1) is 15.1. The van der Waals surface area contributed by atoms with Crippen molar-refractivity contribution in [3.8, 4) is 11.9 Å².